The number of ether oxygens (including phenoxy) is 1. The fourth-order valence-corrected chi connectivity index (χ4v) is 0.599. The van der Waals surface area contributed by atoms with Gasteiger partial charge in [-0.3, -0.25) is 5.41 Å². The maximum Gasteiger partial charge on any atom is 0.188 e. The summed E-state index contributed by atoms with van der Waals surface area (Å²) in [6, 6.07) is 0. The van der Waals surface area contributed by atoms with Gasteiger partial charge in [-0.2, -0.15) is 0 Å². The molecule has 0 aliphatic carbocycles. The van der Waals surface area contributed by atoms with Gasteiger partial charge in [0.15, 0.2) is 5.96 Å². The number of hydrogen-bond donors (Lipinski definition) is 2. The molecule has 0 saturated carbocycles. The summed E-state index contributed by atoms with van der Waals surface area (Å²) in [6.07, 6.45) is 0. The molecule has 0 saturated heterocycles. The molecule has 4 heteroatoms. The van der Waals surface area contributed by atoms with Crippen molar-refractivity contribution in [2.24, 2.45) is 5.73 Å². The van der Waals surface area contributed by atoms with Crippen LogP contribution in [0.4, 0.5) is 0 Å². The lowest BCUT2D eigenvalue weighted by Crippen LogP contribution is -2.34. The van der Waals surface area contributed by atoms with E-state index in [9.17, 15) is 0 Å². The minimum atomic E-state index is 0.0193. The van der Waals surface area contributed by atoms with Gasteiger partial charge < -0.3 is 15.4 Å². The van der Waals surface area contributed by atoms with Crippen LogP contribution < -0.4 is 5.73 Å². The molecule has 0 unspecified atom stereocenters. The van der Waals surface area contributed by atoms with E-state index in [0.717, 1.165) is 0 Å². The summed E-state index contributed by atoms with van der Waals surface area (Å²) in [6.45, 7) is 6.62. The van der Waals surface area contributed by atoms with Crippen molar-refractivity contribution >= 4 is 5.96 Å². The van der Waals surface area contributed by atoms with E-state index in [4.69, 9.17) is 15.9 Å². The number of nitrogens with one attached hydrogen (secondary N) is 1. The Kier molecular flexibility index (Phi) is 4.10. The first-order chi connectivity index (χ1) is 5.07. The fraction of sp³-hybridized carbons (Fsp3) is 0.571. The number of likely N-dealkylation sites (N-methyl/N-ethyl adjacent to an activating group) is 1. The number of nitrogens with zero attached hydrogens (tertiary/aromatic N) is 1. The van der Waals surface area contributed by atoms with Crippen molar-refractivity contribution in [3.8, 4) is 0 Å². The molecular weight excluding hydrogens is 142 g/mol. The highest BCUT2D eigenvalue weighted by Crippen LogP contribution is 1.94. The Hall–Kier alpha value is -1.19. The Balaban J connectivity index is 3.66. The lowest BCUT2D eigenvalue weighted by Gasteiger charge is -2.17. The molecule has 0 heterocycles. The van der Waals surface area contributed by atoms with Gasteiger partial charge in [-0.25, -0.2) is 0 Å². The molecule has 0 radical (unpaired) electrons. The van der Waals surface area contributed by atoms with Crippen LogP contribution >= 0.6 is 0 Å². The minimum absolute atomic E-state index is 0.0193. The first-order valence-electron chi connectivity index (χ1n) is 3.43. The first-order valence-corrected chi connectivity index (χ1v) is 3.43. The average Bonchev–Trinajstić information content (AvgIpc) is 1.87. The second-order valence-corrected chi connectivity index (χ2v) is 2.21. The maximum atomic E-state index is 7.03. The molecule has 0 aromatic heterocycles. The summed E-state index contributed by atoms with van der Waals surface area (Å²) >= 11 is 0. The van der Waals surface area contributed by atoms with Gasteiger partial charge in [0.05, 0.1) is 13.2 Å². The van der Waals surface area contributed by atoms with E-state index in [1.165, 1.54) is 0 Å². The molecule has 0 bridgehead atoms. The molecule has 0 aliphatic rings. The number of rotatable bonds is 4. The number of nitrogens with two attached hydrogens (primary N) is 1. The third-order valence-corrected chi connectivity index (χ3v) is 1.17. The van der Waals surface area contributed by atoms with Gasteiger partial charge in [0.2, 0.25) is 0 Å². The summed E-state index contributed by atoms with van der Waals surface area (Å²) in [4.78, 5) is 1.55. The van der Waals surface area contributed by atoms with Gasteiger partial charge in [-0.1, -0.05) is 6.58 Å². The van der Waals surface area contributed by atoms with E-state index in [2.05, 4.69) is 6.58 Å². The molecule has 4 nitrogen and oxygen atoms in total. The zero-order chi connectivity index (χ0) is 8.85. The molecule has 0 aromatic rings. The van der Waals surface area contributed by atoms with Crippen molar-refractivity contribution < 1.29 is 4.74 Å². The van der Waals surface area contributed by atoms with Crippen molar-refractivity contribution in [2.75, 3.05) is 20.2 Å². The largest absolute Gasteiger partial charge is 0.497 e. The highest BCUT2D eigenvalue weighted by molar-refractivity contribution is 5.74. The van der Waals surface area contributed by atoms with E-state index >= 15 is 0 Å². The molecule has 0 fully saturated rings. The molecule has 11 heavy (non-hydrogen) atoms. The second-order valence-electron chi connectivity index (χ2n) is 2.21. The van der Waals surface area contributed by atoms with E-state index in [-0.39, 0.29) is 5.96 Å². The molecule has 0 atom stereocenters. The Morgan fingerprint density at radius 1 is 1.73 bits per heavy atom. The average molecular weight is 157 g/mol. The van der Waals surface area contributed by atoms with Crippen LogP contribution in [-0.4, -0.2) is 31.1 Å². The van der Waals surface area contributed by atoms with Crippen LogP contribution in [0.3, 0.4) is 0 Å². The van der Waals surface area contributed by atoms with E-state index in [1.54, 1.807) is 11.9 Å². The van der Waals surface area contributed by atoms with Crippen molar-refractivity contribution in [2.45, 2.75) is 6.92 Å². The van der Waals surface area contributed by atoms with Crippen LogP contribution in [0.2, 0.25) is 0 Å². The Bertz CT molecular complexity index is 156. The van der Waals surface area contributed by atoms with Gasteiger partial charge in [0.1, 0.15) is 5.76 Å². The number of guanidine groups is 1. The van der Waals surface area contributed by atoms with Gasteiger partial charge in [-0.05, 0) is 6.92 Å². The lowest BCUT2D eigenvalue weighted by molar-refractivity contribution is 0.211. The summed E-state index contributed by atoms with van der Waals surface area (Å²) < 4.78 is 5.07. The van der Waals surface area contributed by atoms with Crippen molar-refractivity contribution in [1.82, 2.24) is 4.90 Å². The fourth-order valence-electron chi connectivity index (χ4n) is 0.599. The standard InChI is InChI=1S/C7H15N3O/c1-4-11-6(2)5-10(3)7(8)9/h2,4-5H2,1,3H3,(H3,8,9). The van der Waals surface area contributed by atoms with Crippen LogP contribution in [0.5, 0.6) is 0 Å². The van der Waals surface area contributed by atoms with E-state index in [1.807, 2.05) is 6.92 Å². The van der Waals surface area contributed by atoms with Gasteiger partial charge >= 0.3 is 0 Å². The topological polar surface area (TPSA) is 62.3 Å². The first kappa shape index (κ1) is 9.81. The van der Waals surface area contributed by atoms with Crippen LogP contribution in [-0.2, 0) is 4.74 Å². The SMILES string of the molecule is C=C(CN(C)C(=N)N)OCC. The van der Waals surface area contributed by atoms with Gasteiger partial charge in [-0.15, -0.1) is 0 Å². The van der Waals surface area contributed by atoms with Crippen LogP contribution in [0.1, 0.15) is 6.92 Å². The quantitative estimate of drug-likeness (QED) is 0.352. The van der Waals surface area contributed by atoms with Gasteiger partial charge in [0.25, 0.3) is 0 Å². The summed E-state index contributed by atoms with van der Waals surface area (Å²) in [5.74, 6) is 0.649. The van der Waals surface area contributed by atoms with Crippen molar-refractivity contribution in [3.05, 3.63) is 12.3 Å². The predicted molar refractivity (Wildman–Crippen MR) is 45.3 cm³/mol. The Morgan fingerprint density at radius 3 is 2.64 bits per heavy atom. The molecule has 64 valence electrons. The van der Waals surface area contributed by atoms with Gasteiger partial charge in [0, 0.05) is 7.05 Å². The van der Waals surface area contributed by atoms with E-state index < -0.39 is 0 Å². The van der Waals surface area contributed by atoms with Crippen LogP contribution in [0.25, 0.3) is 0 Å². The summed E-state index contributed by atoms with van der Waals surface area (Å²) in [5, 5.41) is 7.03. The molecule has 3 N–H and O–H groups in total. The highest BCUT2D eigenvalue weighted by atomic mass is 16.5. The zero-order valence-electron chi connectivity index (χ0n) is 7.05. The van der Waals surface area contributed by atoms with Crippen LogP contribution in [0.15, 0.2) is 12.3 Å². The number of hydrogen-bond acceptors (Lipinski definition) is 2. The van der Waals surface area contributed by atoms with E-state index in [0.29, 0.717) is 18.9 Å². The van der Waals surface area contributed by atoms with Crippen molar-refractivity contribution in [1.29, 1.82) is 5.41 Å². The molecule has 0 rings (SSSR count). The monoisotopic (exact) mass is 157 g/mol. The normalized spacial score (nSPS) is 8.91. The maximum absolute atomic E-state index is 7.03. The highest BCUT2D eigenvalue weighted by Gasteiger charge is 2.01. The molecular formula is C7H15N3O. The summed E-state index contributed by atoms with van der Waals surface area (Å²) in [5.41, 5.74) is 5.19. The second kappa shape index (κ2) is 4.60. The lowest BCUT2D eigenvalue weighted by atomic mass is 10.5. The minimum Gasteiger partial charge on any atom is -0.497 e. The van der Waals surface area contributed by atoms with Crippen molar-refractivity contribution in [3.63, 3.8) is 0 Å². The molecule has 0 aromatic carbocycles. The smallest absolute Gasteiger partial charge is 0.188 e. The third-order valence-electron chi connectivity index (χ3n) is 1.17. The third kappa shape index (κ3) is 4.25. The molecule has 0 aliphatic heterocycles. The predicted octanol–water partition coefficient (Wildman–Crippen LogP) is 0.362. The Labute approximate surface area is 67.1 Å². The zero-order valence-corrected chi connectivity index (χ0v) is 7.05. The van der Waals surface area contributed by atoms with Crippen LogP contribution in [0, 0.1) is 5.41 Å². The molecule has 0 spiro atoms. The Morgan fingerprint density at radius 2 is 2.27 bits per heavy atom. The summed E-state index contributed by atoms with van der Waals surface area (Å²) in [7, 11) is 1.71. The molecule has 0 amide bonds.